The molecule has 0 unspecified atom stereocenters. The molecule has 1 aliphatic heterocycles. The highest BCUT2D eigenvalue weighted by molar-refractivity contribution is 4.65. The van der Waals surface area contributed by atoms with Gasteiger partial charge in [0.25, 0.3) is 0 Å². The highest BCUT2D eigenvalue weighted by Crippen LogP contribution is 1.97. The Morgan fingerprint density at radius 1 is 0.739 bits per heavy atom. The maximum Gasteiger partial charge on any atom is 0.104 e. The van der Waals surface area contributed by atoms with E-state index in [4.69, 9.17) is 33.2 Å². The van der Waals surface area contributed by atoms with Crippen molar-refractivity contribution in [1.29, 1.82) is 0 Å². The average molecular weight is 334 g/mol. The normalized spacial score (nSPS) is 24.4. The first-order valence-electron chi connectivity index (χ1n) is 8.12. The summed E-state index contributed by atoms with van der Waals surface area (Å²) in [6.07, 6.45) is 1.58. The molecule has 1 atom stereocenters. The SMILES string of the molecule is C=CCOC[C@@H]1COCCOCCOCCOCCOCCO1. The van der Waals surface area contributed by atoms with Crippen LogP contribution >= 0.6 is 0 Å². The molecule has 0 aromatic rings. The number of rotatable bonds is 4. The second-order valence-corrected chi connectivity index (χ2v) is 4.84. The predicted octanol–water partition coefficient (Wildman–Crippen LogP) is 0.671. The first-order chi connectivity index (χ1) is 11.4. The molecule has 0 amide bonds. The van der Waals surface area contributed by atoms with Crippen molar-refractivity contribution in [1.82, 2.24) is 0 Å². The zero-order valence-electron chi connectivity index (χ0n) is 13.9. The lowest BCUT2D eigenvalue weighted by molar-refractivity contribution is -0.0820. The lowest BCUT2D eigenvalue weighted by Gasteiger charge is -2.18. The Hall–Kier alpha value is -0.540. The van der Waals surface area contributed by atoms with Crippen LogP contribution in [-0.4, -0.2) is 92.0 Å². The van der Waals surface area contributed by atoms with Crippen LogP contribution in [0.4, 0.5) is 0 Å². The number of hydrogen-bond donors (Lipinski definition) is 0. The zero-order valence-corrected chi connectivity index (χ0v) is 13.9. The van der Waals surface area contributed by atoms with E-state index in [0.717, 1.165) is 0 Å². The third-order valence-corrected chi connectivity index (χ3v) is 2.91. The molecule has 0 aliphatic carbocycles. The summed E-state index contributed by atoms with van der Waals surface area (Å²) >= 11 is 0. The predicted molar refractivity (Wildman–Crippen MR) is 84.9 cm³/mol. The van der Waals surface area contributed by atoms with E-state index < -0.39 is 0 Å². The zero-order chi connectivity index (χ0) is 16.4. The van der Waals surface area contributed by atoms with E-state index in [0.29, 0.717) is 85.9 Å². The summed E-state index contributed by atoms with van der Waals surface area (Å²) in [6, 6.07) is 0. The van der Waals surface area contributed by atoms with Crippen molar-refractivity contribution in [3.63, 3.8) is 0 Å². The Morgan fingerprint density at radius 3 is 1.74 bits per heavy atom. The van der Waals surface area contributed by atoms with Crippen LogP contribution < -0.4 is 0 Å². The highest BCUT2D eigenvalue weighted by Gasteiger charge is 2.10. The average Bonchev–Trinajstić information content (AvgIpc) is 2.56. The molecule has 1 rings (SSSR count). The maximum atomic E-state index is 5.72. The van der Waals surface area contributed by atoms with Gasteiger partial charge in [0.05, 0.1) is 85.9 Å². The van der Waals surface area contributed by atoms with Crippen LogP contribution in [0.1, 0.15) is 0 Å². The second-order valence-electron chi connectivity index (χ2n) is 4.84. The van der Waals surface area contributed by atoms with Crippen LogP contribution in [0, 0.1) is 0 Å². The van der Waals surface area contributed by atoms with Gasteiger partial charge in [-0.15, -0.1) is 6.58 Å². The summed E-state index contributed by atoms with van der Waals surface area (Å²) < 4.78 is 38.3. The van der Waals surface area contributed by atoms with Crippen LogP contribution in [0.5, 0.6) is 0 Å². The summed E-state index contributed by atoms with van der Waals surface area (Å²) in [4.78, 5) is 0. The first kappa shape index (κ1) is 20.5. The minimum atomic E-state index is -0.128. The van der Waals surface area contributed by atoms with Gasteiger partial charge in [0, 0.05) is 0 Å². The molecular weight excluding hydrogens is 304 g/mol. The third kappa shape index (κ3) is 13.6. The van der Waals surface area contributed by atoms with Gasteiger partial charge in [0.15, 0.2) is 0 Å². The lowest BCUT2D eigenvalue weighted by atomic mass is 10.4. The molecule has 0 aromatic carbocycles. The Morgan fingerprint density at radius 2 is 1.22 bits per heavy atom. The fourth-order valence-corrected chi connectivity index (χ4v) is 1.80. The summed E-state index contributed by atoms with van der Waals surface area (Å²) in [7, 11) is 0. The molecule has 0 spiro atoms. The van der Waals surface area contributed by atoms with Crippen LogP contribution in [-0.2, 0) is 33.2 Å². The van der Waals surface area contributed by atoms with Gasteiger partial charge >= 0.3 is 0 Å². The molecule has 0 radical (unpaired) electrons. The minimum Gasteiger partial charge on any atom is -0.377 e. The van der Waals surface area contributed by atoms with Gasteiger partial charge in [0.2, 0.25) is 0 Å². The second kappa shape index (κ2) is 16.3. The van der Waals surface area contributed by atoms with Crippen molar-refractivity contribution in [3.05, 3.63) is 12.7 Å². The van der Waals surface area contributed by atoms with Gasteiger partial charge in [-0.2, -0.15) is 0 Å². The summed E-state index contributed by atoms with van der Waals surface area (Å²) in [5, 5.41) is 0. The van der Waals surface area contributed by atoms with Gasteiger partial charge < -0.3 is 33.2 Å². The largest absolute Gasteiger partial charge is 0.377 e. The van der Waals surface area contributed by atoms with Crippen molar-refractivity contribution < 1.29 is 33.2 Å². The molecule has 1 fully saturated rings. The van der Waals surface area contributed by atoms with Crippen molar-refractivity contribution in [2.45, 2.75) is 6.10 Å². The molecule has 0 bridgehead atoms. The summed E-state index contributed by atoms with van der Waals surface area (Å²) in [5.74, 6) is 0. The quantitative estimate of drug-likeness (QED) is 0.553. The Bertz CT molecular complexity index is 245. The molecular formula is C16H30O7. The third-order valence-electron chi connectivity index (χ3n) is 2.91. The molecule has 7 heteroatoms. The van der Waals surface area contributed by atoms with Crippen LogP contribution in [0.25, 0.3) is 0 Å². The van der Waals surface area contributed by atoms with Crippen LogP contribution in [0.2, 0.25) is 0 Å². The smallest absolute Gasteiger partial charge is 0.104 e. The van der Waals surface area contributed by atoms with E-state index in [1.54, 1.807) is 6.08 Å². The minimum absolute atomic E-state index is 0.128. The highest BCUT2D eigenvalue weighted by atomic mass is 16.6. The van der Waals surface area contributed by atoms with Crippen molar-refractivity contribution >= 4 is 0 Å². The molecule has 136 valence electrons. The topological polar surface area (TPSA) is 64.6 Å². The van der Waals surface area contributed by atoms with Crippen LogP contribution in [0.3, 0.4) is 0 Å². The van der Waals surface area contributed by atoms with Crippen LogP contribution in [0.15, 0.2) is 12.7 Å². The molecule has 0 N–H and O–H groups in total. The Labute approximate surface area is 138 Å². The summed E-state index contributed by atoms with van der Waals surface area (Å²) in [5.41, 5.74) is 0. The van der Waals surface area contributed by atoms with Gasteiger partial charge in [-0.1, -0.05) is 6.08 Å². The van der Waals surface area contributed by atoms with Crippen molar-refractivity contribution in [2.75, 3.05) is 85.9 Å². The molecule has 7 nitrogen and oxygen atoms in total. The Kier molecular flexibility index (Phi) is 14.6. The van der Waals surface area contributed by atoms with Gasteiger partial charge in [0.1, 0.15) is 6.10 Å². The van der Waals surface area contributed by atoms with Gasteiger partial charge in [-0.05, 0) is 0 Å². The summed E-state index contributed by atoms with van der Waals surface area (Å²) in [6.45, 7) is 10.4. The lowest BCUT2D eigenvalue weighted by Crippen LogP contribution is -2.28. The van der Waals surface area contributed by atoms with Crippen molar-refractivity contribution in [2.24, 2.45) is 0 Å². The van der Waals surface area contributed by atoms with E-state index in [-0.39, 0.29) is 6.10 Å². The molecule has 1 saturated heterocycles. The van der Waals surface area contributed by atoms with Crippen molar-refractivity contribution in [3.8, 4) is 0 Å². The monoisotopic (exact) mass is 334 g/mol. The Balaban J connectivity index is 2.22. The first-order valence-corrected chi connectivity index (χ1v) is 8.12. The molecule has 1 aliphatic rings. The van der Waals surface area contributed by atoms with E-state index in [2.05, 4.69) is 6.58 Å². The molecule has 0 saturated carbocycles. The number of ether oxygens (including phenoxy) is 7. The van der Waals surface area contributed by atoms with E-state index in [1.165, 1.54) is 0 Å². The molecule has 1 heterocycles. The molecule has 23 heavy (non-hydrogen) atoms. The van der Waals surface area contributed by atoms with E-state index in [1.807, 2.05) is 0 Å². The molecule has 0 aromatic heterocycles. The van der Waals surface area contributed by atoms with E-state index in [9.17, 15) is 0 Å². The van der Waals surface area contributed by atoms with E-state index >= 15 is 0 Å². The fourth-order valence-electron chi connectivity index (χ4n) is 1.80. The standard InChI is InChI=1S/C16H30O7/c1-2-3-21-14-16-15-22-11-10-19-7-6-17-4-5-18-8-9-20-12-13-23-16/h2,16H,1,3-15H2/t16-/m1/s1. The van der Waals surface area contributed by atoms with Gasteiger partial charge in [-0.3, -0.25) is 0 Å². The number of hydrogen-bond acceptors (Lipinski definition) is 7. The maximum absolute atomic E-state index is 5.72. The van der Waals surface area contributed by atoms with Gasteiger partial charge in [-0.25, -0.2) is 0 Å². The fraction of sp³-hybridized carbons (Fsp3) is 0.875.